The van der Waals surface area contributed by atoms with E-state index in [1.54, 1.807) is 61.2 Å². The molecule has 12 nitrogen and oxygen atoms in total. The van der Waals surface area contributed by atoms with Crippen molar-refractivity contribution in [1.29, 1.82) is 0 Å². The van der Waals surface area contributed by atoms with Crippen molar-refractivity contribution in [3.05, 3.63) is 164 Å². The molecule has 0 atom stereocenters. The van der Waals surface area contributed by atoms with Crippen LogP contribution in [0.1, 0.15) is 130 Å². The third-order valence-electron chi connectivity index (χ3n) is 11.9. The zero-order valence-electron chi connectivity index (χ0n) is 36.5. The minimum absolute atomic E-state index is 0.130. The van der Waals surface area contributed by atoms with Gasteiger partial charge in [-0.3, -0.25) is 29.1 Å². The van der Waals surface area contributed by atoms with E-state index in [2.05, 4.69) is 65.5 Å². The van der Waals surface area contributed by atoms with Crippen molar-refractivity contribution in [2.75, 3.05) is 21.3 Å². The molecule has 0 saturated heterocycles. The van der Waals surface area contributed by atoms with Crippen LogP contribution in [0.4, 0.5) is 22.7 Å². The maximum Gasteiger partial charge on any atom is 0.274 e. The molecule has 1 aliphatic rings. The fourth-order valence-corrected chi connectivity index (χ4v) is 8.66. The number of carbonyl (C=O) groups is 4. The zero-order chi connectivity index (χ0) is 44.3. The first-order valence-electron chi connectivity index (χ1n) is 20.9. The molecule has 12 heteroatoms. The van der Waals surface area contributed by atoms with Gasteiger partial charge in [0.05, 0.1) is 0 Å². The molecule has 1 saturated carbocycles. The monoisotopic (exact) mass is 828 g/mol. The van der Waals surface area contributed by atoms with Crippen molar-refractivity contribution in [1.82, 2.24) is 19.9 Å². The van der Waals surface area contributed by atoms with Crippen molar-refractivity contribution in [3.63, 3.8) is 0 Å². The van der Waals surface area contributed by atoms with E-state index < -0.39 is 23.6 Å². The van der Waals surface area contributed by atoms with Gasteiger partial charge in [-0.15, -0.1) is 0 Å². The molecule has 1 fully saturated rings. The maximum absolute atomic E-state index is 13.7. The van der Waals surface area contributed by atoms with Crippen LogP contribution in [0.5, 0.6) is 0 Å². The number of nitrogens with one attached hydrogen (secondary N) is 4. The Morgan fingerprint density at radius 3 is 0.984 bits per heavy atom. The first-order chi connectivity index (χ1) is 29.6. The number of aromatic nitrogens is 4. The number of nitrogens with zero attached hydrogens (tertiary/aromatic N) is 4. The van der Waals surface area contributed by atoms with E-state index in [-0.39, 0.29) is 28.2 Å². The highest BCUT2D eigenvalue weighted by Gasteiger charge is 2.37. The standard InChI is InChI=1S/C50H52N8O4/c1-28-20-36(21-29(2)42(28)55-46(59)38-14-12-16-40(53-38)48(61)57-44-32(5)24-51-25-33(44)6)50(18-10-9-11-19-50)37-22-30(3)43(31(4)23-37)56-47(60)39-15-13-17-41(54-39)49(62)58-45-34(7)26-52-27-35(45)8/h12-17,20-27H,9-11,18-19H2,1-8H3,(H,55,59)(H,56,60)(H,51,57,61)(H,52,58,62). The fourth-order valence-electron chi connectivity index (χ4n) is 8.66. The van der Waals surface area contributed by atoms with Crippen LogP contribution in [0.15, 0.2) is 85.5 Å². The van der Waals surface area contributed by atoms with Crippen molar-refractivity contribution < 1.29 is 19.2 Å². The normalized spacial score (nSPS) is 13.2. The number of carbonyl (C=O) groups excluding carboxylic acids is 4. The van der Waals surface area contributed by atoms with Gasteiger partial charge in [0.2, 0.25) is 0 Å². The number of pyridine rings is 4. The summed E-state index contributed by atoms with van der Waals surface area (Å²) in [4.78, 5) is 70.9. The van der Waals surface area contributed by atoms with Gasteiger partial charge in [-0.05, 0) is 148 Å². The Kier molecular flexibility index (Phi) is 12.4. The number of amides is 4. The third kappa shape index (κ3) is 8.86. The Morgan fingerprint density at radius 1 is 0.419 bits per heavy atom. The molecule has 4 N–H and O–H groups in total. The Hall–Kier alpha value is -7.08. The van der Waals surface area contributed by atoms with Crippen LogP contribution in [0.25, 0.3) is 0 Å². The second-order valence-corrected chi connectivity index (χ2v) is 16.5. The van der Waals surface area contributed by atoms with Gasteiger partial charge in [-0.1, -0.05) is 55.7 Å². The smallest absolute Gasteiger partial charge is 0.274 e. The average molecular weight is 829 g/mol. The van der Waals surface area contributed by atoms with Gasteiger partial charge in [0.1, 0.15) is 22.8 Å². The third-order valence-corrected chi connectivity index (χ3v) is 11.9. The molecule has 1 aliphatic carbocycles. The number of aryl methyl sites for hydroxylation is 8. The molecule has 2 aromatic carbocycles. The molecule has 6 aromatic rings. The van der Waals surface area contributed by atoms with Crippen molar-refractivity contribution >= 4 is 46.4 Å². The lowest BCUT2D eigenvalue weighted by molar-refractivity contribution is 0.0998. The summed E-state index contributed by atoms with van der Waals surface area (Å²) in [6, 6.07) is 18.4. The van der Waals surface area contributed by atoms with Gasteiger partial charge in [0.25, 0.3) is 23.6 Å². The van der Waals surface area contributed by atoms with E-state index in [9.17, 15) is 19.2 Å². The van der Waals surface area contributed by atoms with Gasteiger partial charge in [-0.2, -0.15) is 0 Å². The summed E-state index contributed by atoms with van der Waals surface area (Å²) in [5, 5.41) is 12.0. The molecular weight excluding hydrogens is 777 g/mol. The number of rotatable bonds is 10. The molecule has 4 aromatic heterocycles. The molecule has 4 amide bonds. The Bertz CT molecular complexity index is 2490. The quantitative estimate of drug-likeness (QED) is 0.106. The minimum Gasteiger partial charge on any atom is -0.320 e. The lowest BCUT2D eigenvalue weighted by Gasteiger charge is -2.40. The van der Waals surface area contributed by atoms with E-state index in [4.69, 9.17) is 0 Å². The van der Waals surface area contributed by atoms with E-state index in [0.29, 0.717) is 22.7 Å². The highest BCUT2D eigenvalue weighted by atomic mass is 16.2. The topological polar surface area (TPSA) is 168 Å². The van der Waals surface area contributed by atoms with Crippen LogP contribution < -0.4 is 21.3 Å². The second-order valence-electron chi connectivity index (χ2n) is 16.5. The molecule has 62 heavy (non-hydrogen) atoms. The van der Waals surface area contributed by atoms with Crippen LogP contribution >= 0.6 is 0 Å². The summed E-state index contributed by atoms with van der Waals surface area (Å²) in [5.41, 5.74) is 12.3. The number of hydrogen-bond donors (Lipinski definition) is 4. The maximum atomic E-state index is 13.7. The zero-order valence-corrected chi connectivity index (χ0v) is 36.5. The van der Waals surface area contributed by atoms with Crippen LogP contribution in [0.2, 0.25) is 0 Å². The Morgan fingerprint density at radius 2 is 0.694 bits per heavy atom. The summed E-state index contributed by atoms with van der Waals surface area (Å²) in [5.74, 6) is -1.65. The molecule has 7 rings (SSSR count). The van der Waals surface area contributed by atoms with Gasteiger partial charge in [-0.25, -0.2) is 9.97 Å². The van der Waals surface area contributed by atoms with E-state index in [0.717, 1.165) is 76.6 Å². The summed E-state index contributed by atoms with van der Waals surface area (Å²) in [6.45, 7) is 15.5. The summed E-state index contributed by atoms with van der Waals surface area (Å²) in [7, 11) is 0. The number of hydrogen-bond acceptors (Lipinski definition) is 8. The van der Waals surface area contributed by atoms with Crippen LogP contribution in [-0.2, 0) is 5.41 Å². The molecule has 0 unspecified atom stereocenters. The Labute approximate surface area is 362 Å². The van der Waals surface area contributed by atoms with Crippen molar-refractivity contribution in [2.45, 2.75) is 92.9 Å². The van der Waals surface area contributed by atoms with Gasteiger partial charge in [0, 0.05) is 53.0 Å². The molecule has 0 spiro atoms. The van der Waals surface area contributed by atoms with Crippen molar-refractivity contribution in [2.24, 2.45) is 0 Å². The van der Waals surface area contributed by atoms with E-state index in [1.807, 2.05) is 55.4 Å². The SMILES string of the molecule is Cc1cncc(C)c1NC(=O)c1cccc(C(=O)Nc2c(C)cc(C3(c4cc(C)c(NC(=O)c5cccc(C(=O)Nc6c(C)cncc6C)n5)c(C)c4)CCCCC3)cc2C)n1. The summed E-state index contributed by atoms with van der Waals surface area (Å²) >= 11 is 0. The molecule has 0 aliphatic heterocycles. The van der Waals surface area contributed by atoms with E-state index >= 15 is 0 Å². The minimum atomic E-state index is -0.414. The first-order valence-corrected chi connectivity index (χ1v) is 20.9. The van der Waals surface area contributed by atoms with Crippen molar-refractivity contribution in [3.8, 4) is 0 Å². The fraction of sp³-hybridized carbons (Fsp3) is 0.280. The van der Waals surface area contributed by atoms with E-state index in [1.165, 1.54) is 11.1 Å². The largest absolute Gasteiger partial charge is 0.320 e. The summed E-state index contributed by atoms with van der Waals surface area (Å²) < 4.78 is 0. The molecule has 0 radical (unpaired) electrons. The lowest BCUT2D eigenvalue weighted by atomic mass is 9.64. The Balaban J connectivity index is 1.10. The predicted molar refractivity (Wildman–Crippen MR) is 243 cm³/mol. The second kappa shape index (κ2) is 17.9. The molecule has 4 heterocycles. The van der Waals surface area contributed by atoms with Crippen LogP contribution in [0.3, 0.4) is 0 Å². The highest BCUT2D eigenvalue weighted by molar-refractivity contribution is 6.08. The lowest BCUT2D eigenvalue weighted by Crippen LogP contribution is -2.31. The number of benzene rings is 2. The van der Waals surface area contributed by atoms with Gasteiger partial charge >= 0.3 is 0 Å². The molecular formula is C50H52N8O4. The highest BCUT2D eigenvalue weighted by Crippen LogP contribution is 2.47. The number of anilines is 4. The average Bonchev–Trinajstić information content (AvgIpc) is 3.26. The predicted octanol–water partition coefficient (Wildman–Crippen LogP) is 9.99. The van der Waals surface area contributed by atoms with Crippen LogP contribution in [-0.4, -0.2) is 43.6 Å². The molecule has 316 valence electrons. The van der Waals surface area contributed by atoms with Gasteiger partial charge in [0.15, 0.2) is 0 Å². The van der Waals surface area contributed by atoms with Gasteiger partial charge < -0.3 is 21.3 Å². The summed E-state index contributed by atoms with van der Waals surface area (Å²) in [6.07, 6.45) is 11.9. The first kappa shape index (κ1) is 43.0. The molecule has 0 bridgehead atoms. The van der Waals surface area contributed by atoms with Crippen LogP contribution in [0, 0.1) is 55.4 Å².